The topological polar surface area (TPSA) is 22.2 Å². The summed E-state index contributed by atoms with van der Waals surface area (Å²) in [7, 11) is 0. The average molecular weight is 540 g/mol. The van der Waals surface area contributed by atoms with Crippen LogP contribution in [0.15, 0.2) is 127 Å². The summed E-state index contributed by atoms with van der Waals surface area (Å²) in [6.45, 7) is 0. The number of rotatable bonds is 2. The molecule has 0 saturated heterocycles. The highest BCUT2D eigenvalue weighted by atomic mass is 32.1. The molecule has 0 aliphatic rings. The lowest BCUT2D eigenvalue weighted by atomic mass is 10.1. The third-order valence-corrected chi connectivity index (χ3v) is 9.79. The van der Waals surface area contributed by atoms with Crippen molar-refractivity contribution in [3.63, 3.8) is 0 Å². The zero-order valence-electron chi connectivity index (χ0n) is 21.9. The van der Waals surface area contributed by atoms with Gasteiger partial charge >= 0.3 is 0 Å². The van der Waals surface area contributed by atoms with Gasteiger partial charge in [0, 0.05) is 53.0 Å². The molecule has 0 fully saturated rings. The third-order valence-electron chi connectivity index (χ3n) is 8.65. The minimum Gasteiger partial charge on any atom is -0.309 e. The van der Waals surface area contributed by atoms with Crippen molar-refractivity contribution in [2.45, 2.75) is 0 Å². The molecule has 0 bridgehead atoms. The van der Waals surface area contributed by atoms with E-state index in [1.807, 2.05) is 11.3 Å². The molecule has 0 aliphatic carbocycles. The van der Waals surface area contributed by atoms with Crippen LogP contribution in [0.1, 0.15) is 0 Å². The zero-order chi connectivity index (χ0) is 26.7. The minimum absolute atomic E-state index is 0.984. The molecule has 0 amide bonds. The standard InChI is InChI=1S/C37H21N3S/c1-2-9-22(10-3-1)36-37-26-18-17-23(19-27(26)31-14-8-16-35(38-36)40(31)37)39-30-13-6-4-11-24(30)28-20-29-25-12-5-7-15-33(25)41-34(29)21-32(28)39/h1-21H. The molecule has 0 spiro atoms. The van der Waals surface area contributed by atoms with Crippen LogP contribution in [0.2, 0.25) is 0 Å². The van der Waals surface area contributed by atoms with Crippen molar-refractivity contribution in [3.8, 4) is 16.9 Å². The van der Waals surface area contributed by atoms with Crippen molar-refractivity contribution in [3.05, 3.63) is 127 Å². The summed E-state index contributed by atoms with van der Waals surface area (Å²) in [5, 5.41) is 7.72. The summed E-state index contributed by atoms with van der Waals surface area (Å²) < 4.78 is 7.42. The van der Waals surface area contributed by atoms with E-state index >= 15 is 0 Å². The number of fused-ring (bicyclic) bond motifs is 9. The van der Waals surface area contributed by atoms with Gasteiger partial charge in [0.15, 0.2) is 0 Å². The molecule has 190 valence electrons. The molecule has 0 aliphatic heterocycles. The smallest absolute Gasteiger partial charge is 0.138 e. The molecule has 0 saturated carbocycles. The molecule has 0 atom stereocenters. The van der Waals surface area contributed by atoms with Crippen molar-refractivity contribution >= 4 is 80.8 Å². The largest absolute Gasteiger partial charge is 0.309 e. The van der Waals surface area contributed by atoms with Crippen LogP contribution in [0.5, 0.6) is 0 Å². The number of benzene rings is 5. The molecule has 5 aromatic carbocycles. The zero-order valence-corrected chi connectivity index (χ0v) is 22.7. The fraction of sp³-hybridized carbons (Fsp3) is 0. The Hall–Kier alpha value is -5.19. The number of pyridine rings is 1. The van der Waals surface area contributed by atoms with Crippen molar-refractivity contribution in [2.24, 2.45) is 0 Å². The van der Waals surface area contributed by atoms with Crippen LogP contribution in [-0.4, -0.2) is 14.0 Å². The Bertz CT molecular complexity index is 2640. The molecule has 4 heteroatoms. The average Bonchev–Trinajstić information content (AvgIpc) is 3.76. The van der Waals surface area contributed by atoms with E-state index in [0.717, 1.165) is 16.9 Å². The second-order valence-electron chi connectivity index (χ2n) is 10.8. The van der Waals surface area contributed by atoms with Crippen molar-refractivity contribution in [1.82, 2.24) is 14.0 Å². The van der Waals surface area contributed by atoms with E-state index in [2.05, 4.69) is 136 Å². The van der Waals surface area contributed by atoms with Crippen LogP contribution in [-0.2, 0) is 0 Å². The van der Waals surface area contributed by atoms with Gasteiger partial charge in [-0.1, -0.05) is 78.9 Å². The van der Waals surface area contributed by atoms with Gasteiger partial charge in [-0.15, -0.1) is 11.3 Å². The Morgan fingerprint density at radius 2 is 1.27 bits per heavy atom. The molecule has 0 N–H and O–H groups in total. The Morgan fingerprint density at radius 3 is 2.20 bits per heavy atom. The summed E-state index contributed by atoms with van der Waals surface area (Å²) in [5.41, 5.74) is 9.18. The second-order valence-corrected chi connectivity index (χ2v) is 11.9. The van der Waals surface area contributed by atoms with E-state index in [4.69, 9.17) is 4.98 Å². The van der Waals surface area contributed by atoms with Gasteiger partial charge in [0.05, 0.1) is 27.8 Å². The molecule has 0 radical (unpaired) electrons. The van der Waals surface area contributed by atoms with E-state index in [0.29, 0.717) is 0 Å². The van der Waals surface area contributed by atoms with Gasteiger partial charge in [-0.25, -0.2) is 4.98 Å². The SMILES string of the molecule is c1ccc(-c2nc3cccc4c5cc(-n6c7ccccc7c7cc8c(cc76)sc6ccccc68)ccc5c2n34)cc1. The first kappa shape index (κ1) is 21.6. The number of imidazole rings is 1. The molecule has 41 heavy (non-hydrogen) atoms. The van der Waals surface area contributed by atoms with Gasteiger partial charge in [0.2, 0.25) is 0 Å². The fourth-order valence-corrected chi connectivity index (χ4v) is 8.03. The summed E-state index contributed by atoms with van der Waals surface area (Å²) in [6, 6.07) is 46.2. The molecule has 5 aromatic heterocycles. The van der Waals surface area contributed by atoms with E-state index in [9.17, 15) is 0 Å². The predicted octanol–water partition coefficient (Wildman–Crippen LogP) is 10.2. The van der Waals surface area contributed by atoms with Crippen LogP contribution in [0.4, 0.5) is 0 Å². The highest BCUT2D eigenvalue weighted by molar-refractivity contribution is 7.25. The van der Waals surface area contributed by atoms with Crippen molar-refractivity contribution in [1.29, 1.82) is 0 Å². The Kier molecular flexibility index (Phi) is 4.07. The summed E-state index contributed by atoms with van der Waals surface area (Å²) in [6.07, 6.45) is 0. The van der Waals surface area contributed by atoms with Gasteiger partial charge in [-0.05, 0) is 48.5 Å². The van der Waals surface area contributed by atoms with Gasteiger partial charge in [-0.2, -0.15) is 0 Å². The first-order valence-electron chi connectivity index (χ1n) is 13.9. The Labute approximate surface area is 238 Å². The Morgan fingerprint density at radius 1 is 0.488 bits per heavy atom. The number of hydrogen-bond donors (Lipinski definition) is 0. The van der Waals surface area contributed by atoms with Crippen LogP contribution >= 0.6 is 11.3 Å². The number of nitrogens with zero attached hydrogens (tertiary/aromatic N) is 3. The van der Waals surface area contributed by atoms with Crippen molar-refractivity contribution < 1.29 is 0 Å². The lowest BCUT2D eigenvalue weighted by Gasteiger charge is -2.09. The van der Waals surface area contributed by atoms with Gasteiger partial charge < -0.3 is 4.57 Å². The summed E-state index contributed by atoms with van der Waals surface area (Å²) in [4.78, 5) is 5.05. The Balaban J connectivity index is 1.30. The van der Waals surface area contributed by atoms with Gasteiger partial charge in [0.1, 0.15) is 5.65 Å². The van der Waals surface area contributed by atoms with E-state index in [1.165, 1.54) is 69.5 Å². The molecule has 10 aromatic rings. The second kappa shape index (κ2) is 7.72. The van der Waals surface area contributed by atoms with Crippen molar-refractivity contribution in [2.75, 3.05) is 0 Å². The lowest BCUT2D eigenvalue weighted by Crippen LogP contribution is -1.93. The number of aromatic nitrogens is 3. The number of thiophene rings is 1. The highest BCUT2D eigenvalue weighted by Crippen LogP contribution is 2.42. The van der Waals surface area contributed by atoms with E-state index < -0.39 is 0 Å². The first-order chi connectivity index (χ1) is 20.3. The molecule has 5 heterocycles. The number of hydrogen-bond acceptors (Lipinski definition) is 2. The van der Waals surface area contributed by atoms with Crippen LogP contribution in [0.3, 0.4) is 0 Å². The van der Waals surface area contributed by atoms with Crippen LogP contribution in [0, 0.1) is 0 Å². The molecule has 0 unspecified atom stereocenters. The van der Waals surface area contributed by atoms with Crippen LogP contribution in [0.25, 0.3) is 86.4 Å². The number of para-hydroxylation sites is 1. The van der Waals surface area contributed by atoms with E-state index in [-0.39, 0.29) is 0 Å². The molecular formula is C37H21N3S. The van der Waals surface area contributed by atoms with Crippen LogP contribution < -0.4 is 0 Å². The molecule has 10 rings (SSSR count). The minimum atomic E-state index is 0.984. The third kappa shape index (κ3) is 2.79. The monoisotopic (exact) mass is 539 g/mol. The fourth-order valence-electron chi connectivity index (χ4n) is 6.90. The van der Waals surface area contributed by atoms with Gasteiger partial charge in [-0.3, -0.25) is 4.40 Å². The van der Waals surface area contributed by atoms with E-state index in [1.54, 1.807) is 0 Å². The first-order valence-corrected chi connectivity index (χ1v) is 14.7. The maximum absolute atomic E-state index is 5.05. The normalized spacial score (nSPS) is 12.4. The molecular weight excluding hydrogens is 518 g/mol. The lowest BCUT2D eigenvalue weighted by molar-refractivity contribution is 1.19. The highest BCUT2D eigenvalue weighted by Gasteiger charge is 2.20. The van der Waals surface area contributed by atoms with Gasteiger partial charge in [0.25, 0.3) is 0 Å². The predicted molar refractivity (Wildman–Crippen MR) is 174 cm³/mol. The maximum atomic E-state index is 5.05. The summed E-state index contributed by atoms with van der Waals surface area (Å²) >= 11 is 1.88. The molecule has 3 nitrogen and oxygen atoms in total. The maximum Gasteiger partial charge on any atom is 0.138 e. The summed E-state index contributed by atoms with van der Waals surface area (Å²) in [5.74, 6) is 0. The quantitative estimate of drug-likeness (QED) is 0.214.